The van der Waals surface area contributed by atoms with Crippen LogP contribution in [-0.4, -0.2) is 42.5 Å². The molecule has 0 amide bonds. The molecule has 0 saturated heterocycles. The molecule has 1 saturated carbocycles. The van der Waals surface area contributed by atoms with Gasteiger partial charge < -0.3 is 20.9 Å². The Hall–Kier alpha value is -0.663. The first kappa shape index (κ1) is 24.0. The summed E-state index contributed by atoms with van der Waals surface area (Å²) in [6, 6.07) is 2.94. The molecule has 3 rings (SSSR count). The van der Waals surface area contributed by atoms with Crippen LogP contribution in [0.15, 0.2) is 6.07 Å². The molecule has 1 aliphatic carbocycles. The maximum Gasteiger partial charge on any atom is 0.171 e. The number of ether oxygens (including phenoxy) is 1. The summed E-state index contributed by atoms with van der Waals surface area (Å²) >= 11 is 6.61. The highest BCUT2D eigenvalue weighted by atomic mass is 35.5. The lowest BCUT2D eigenvalue weighted by atomic mass is 9.73. The Balaban J connectivity index is 1.80. The van der Waals surface area contributed by atoms with E-state index in [1.165, 1.54) is 6.42 Å². The zero-order valence-electron chi connectivity index (χ0n) is 19.5. The van der Waals surface area contributed by atoms with Gasteiger partial charge in [-0.2, -0.15) is 0 Å². The van der Waals surface area contributed by atoms with E-state index in [0.717, 1.165) is 48.7 Å². The van der Waals surface area contributed by atoms with E-state index < -0.39 is 14.2 Å². The van der Waals surface area contributed by atoms with E-state index in [1.54, 1.807) is 0 Å². The van der Waals surface area contributed by atoms with Crippen LogP contribution < -0.4 is 15.8 Å². The third-order valence-electron chi connectivity index (χ3n) is 6.18. The Morgan fingerprint density at radius 2 is 2.03 bits per heavy atom. The summed E-state index contributed by atoms with van der Waals surface area (Å²) in [5.74, 6) is 0.721. The number of fused-ring (bicyclic) bond motifs is 1. The summed E-state index contributed by atoms with van der Waals surface area (Å²) in [6.07, 6.45) is 4.45. The van der Waals surface area contributed by atoms with Crippen molar-refractivity contribution < 1.29 is 9.84 Å². The lowest BCUT2D eigenvalue weighted by molar-refractivity contribution is -0.0383. The molecule has 170 valence electrons. The maximum absolute atomic E-state index is 10.7. The Bertz CT molecular complexity index is 756. The lowest BCUT2D eigenvalue weighted by Gasteiger charge is -2.48. The van der Waals surface area contributed by atoms with Crippen LogP contribution in [0, 0.1) is 5.41 Å². The largest absolute Gasteiger partial charge is 0.484 e. The van der Waals surface area contributed by atoms with Gasteiger partial charge in [0, 0.05) is 44.4 Å². The van der Waals surface area contributed by atoms with E-state index in [9.17, 15) is 5.11 Å². The van der Waals surface area contributed by atoms with Crippen LogP contribution >= 0.6 is 11.6 Å². The molecule has 1 aromatic rings. The van der Waals surface area contributed by atoms with Crippen molar-refractivity contribution in [3.8, 4) is 5.75 Å². The van der Waals surface area contributed by atoms with Crippen molar-refractivity contribution in [3.63, 3.8) is 0 Å². The molecule has 2 aliphatic rings. The molecular formula is C23H40ClN3O2Si. The summed E-state index contributed by atoms with van der Waals surface area (Å²) < 4.78 is 6.41. The van der Waals surface area contributed by atoms with Gasteiger partial charge in [-0.15, -0.1) is 0 Å². The molecule has 0 unspecified atom stereocenters. The first-order valence-corrected chi connectivity index (χ1v) is 15.4. The molecule has 1 aromatic heterocycles. The minimum atomic E-state index is -1.33. The fourth-order valence-corrected chi connectivity index (χ4v) is 6.57. The molecule has 1 spiro atoms. The zero-order valence-corrected chi connectivity index (χ0v) is 21.3. The van der Waals surface area contributed by atoms with Crippen molar-refractivity contribution in [1.29, 1.82) is 0 Å². The Morgan fingerprint density at radius 1 is 1.37 bits per heavy atom. The van der Waals surface area contributed by atoms with E-state index in [1.807, 2.05) is 0 Å². The van der Waals surface area contributed by atoms with Crippen molar-refractivity contribution in [2.45, 2.75) is 102 Å². The standard InChI is InChI=1S/C23H40ClN3O2Si/c1-22(2,3)11-15-10-16-18(26-13-19(28)17(25)14-30(4,5)6)12-23(8-7-9-23)29-20(16)21(24)27-15/h10,17-19,26,28H,7-9,11-14,25H2,1-6H3/t17-,18-,19+/m0/s1. The van der Waals surface area contributed by atoms with Gasteiger partial charge in [-0.3, -0.25) is 0 Å². The quantitative estimate of drug-likeness (QED) is 0.412. The van der Waals surface area contributed by atoms with Crippen molar-refractivity contribution in [2.75, 3.05) is 6.54 Å². The van der Waals surface area contributed by atoms with Crippen LogP contribution in [0.5, 0.6) is 5.75 Å². The number of nitrogens with zero attached hydrogens (tertiary/aromatic N) is 1. The van der Waals surface area contributed by atoms with Gasteiger partial charge in [0.2, 0.25) is 0 Å². The first-order valence-electron chi connectivity index (χ1n) is 11.3. The number of hydrogen-bond acceptors (Lipinski definition) is 5. The molecule has 4 N–H and O–H groups in total. The summed E-state index contributed by atoms with van der Waals surface area (Å²) in [7, 11) is -1.33. The van der Waals surface area contributed by atoms with Crippen LogP contribution in [0.25, 0.3) is 0 Å². The molecule has 2 heterocycles. The number of hydrogen-bond donors (Lipinski definition) is 3. The predicted octanol–water partition coefficient (Wildman–Crippen LogP) is 4.69. The molecule has 30 heavy (non-hydrogen) atoms. The van der Waals surface area contributed by atoms with Gasteiger partial charge >= 0.3 is 0 Å². The molecular weight excluding hydrogens is 414 g/mol. The average molecular weight is 454 g/mol. The van der Waals surface area contributed by atoms with E-state index in [2.05, 4.69) is 56.8 Å². The normalized spacial score (nSPS) is 22.8. The van der Waals surface area contributed by atoms with Crippen LogP contribution in [0.4, 0.5) is 0 Å². The molecule has 0 aromatic carbocycles. The highest BCUT2D eigenvalue weighted by molar-refractivity contribution is 6.76. The van der Waals surface area contributed by atoms with Gasteiger partial charge in [0.1, 0.15) is 5.60 Å². The maximum atomic E-state index is 10.7. The van der Waals surface area contributed by atoms with Gasteiger partial charge in [-0.25, -0.2) is 4.98 Å². The Labute approximate surface area is 188 Å². The smallest absolute Gasteiger partial charge is 0.171 e. The van der Waals surface area contributed by atoms with E-state index in [4.69, 9.17) is 22.1 Å². The predicted molar refractivity (Wildman–Crippen MR) is 127 cm³/mol. The second kappa shape index (κ2) is 8.70. The minimum Gasteiger partial charge on any atom is -0.484 e. The highest BCUT2D eigenvalue weighted by Gasteiger charge is 2.46. The summed E-state index contributed by atoms with van der Waals surface area (Å²) in [5, 5.41) is 14.8. The van der Waals surface area contributed by atoms with E-state index in [-0.39, 0.29) is 23.1 Å². The van der Waals surface area contributed by atoms with Crippen molar-refractivity contribution in [1.82, 2.24) is 10.3 Å². The molecule has 3 atom stereocenters. The third kappa shape index (κ3) is 5.97. The number of nitrogens with two attached hydrogens (primary N) is 1. The number of rotatable bonds is 7. The highest BCUT2D eigenvalue weighted by Crippen LogP contribution is 2.50. The first-order chi connectivity index (χ1) is 13.8. The molecule has 0 bridgehead atoms. The molecule has 1 fully saturated rings. The van der Waals surface area contributed by atoms with Gasteiger partial charge in [0.15, 0.2) is 10.9 Å². The third-order valence-corrected chi connectivity index (χ3v) is 8.13. The minimum absolute atomic E-state index is 0.0852. The van der Waals surface area contributed by atoms with E-state index >= 15 is 0 Å². The molecule has 7 heteroatoms. The summed E-state index contributed by atoms with van der Waals surface area (Å²) in [6.45, 7) is 13.9. The second-order valence-electron chi connectivity index (χ2n) is 11.9. The van der Waals surface area contributed by atoms with Crippen LogP contribution in [0.1, 0.15) is 63.8 Å². The number of pyridine rings is 1. The van der Waals surface area contributed by atoms with Gasteiger partial charge in [-0.05, 0) is 43.2 Å². The van der Waals surface area contributed by atoms with Crippen molar-refractivity contribution >= 4 is 19.7 Å². The van der Waals surface area contributed by atoms with Crippen LogP contribution in [0.3, 0.4) is 0 Å². The second-order valence-corrected chi connectivity index (χ2v) is 17.7. The molecule has 0 radical (unpaired) electrons. The lowest BCUT2D eigenvalue weighted by Crippen LogP contribution is -2.51. The fraction of sp³-hybridized carbons (Fsp3) is 0.783. The van der Waals surface area contributed by atoms with Gasteiger partial charge in [0.25, 0.3) is 0 Å². The van der Waals surface area contributed by atoms with E-state index in [0.29, 0.717) is 11.7 Å². The topological polar surface area (TPSA) is 80.4 Å². The van der Waals surface area contributed by atoms with Crippen molar-refractivity contribution in [3.05, 3.63) is 22.5 Å². The SMILES string of the molecule is CC(C)(C)Cc1cc2c(c(Cl)n1)OC1(CCC1)C[C@@H]2NC[C@@H](O)[C@@H](N)C[Si](C)(C)C. The van der Waals surface area contributed by atoms with Crippen LogP contribution in [-0.2, 0) is 6.42 Å². The van der Waals surface area contributed by atoms with Crippen LogP contribution in [0.2, 0.25) is 30.8 Å². The summed E-state index contributed by atoms with van der Waals surface area (Å²) in [4.78, 5) is 4.64. The molecule has 5 nitrogen and oxygen atoms in total. The zero-order chi connectivity index (χ0) is 22.3. The average Bonchev–Trinajstić information content (AvgIpc) is 2.55. The number of aliphatic hydroxyl groups excluding tert-OH is 1. The number of aromatic nitrogens is 1. The Kier molecular flexibility index (Phi) is 6.96. The summed E-state index contributed by atoms with van der Waals surface area (Å²) in [5.41, 5.74) is 8.34. The van der Waals surface area contributed by atoms with Gasteiger partial charge in [-0.1, -0.05) is 52.0 Å². The Morgan fingerprint density at radius 3 is 2.57 bits per heavy atom. The number of aliphatic hydroxyl groups is 1. The van der Waals surface area contributed by atoms with Gasteiger partial charge in [0.05, 0.1) is 6.10 Å². The fourth-order valence-electron chi connectivity index (χ4n) is 4.62. The molecule has 1 aliphatic heterocycles. The number of nitrogens with one attached hydrogen (secondary N) is 1. The van der Waals surface area contributed by atoms with Crippen molar-refractivity contribution in [2.24, 2.45) is 11.1 Å². The number of halogens is 1. The monoisotopic (exact) mass is 453 g/mol.